The molecule has 0 saturated heterocycles. The topological polar surface area (TPSA) is 30.2 Å². The Bertz CT molecular complexity index is 533. The smallest absolute Gasteiger partial charge is 0.205 e. The van der Waals surface area contributed by atoms with Crippen LogP contribution in [-0.4, -0.2) is 10.2 Å². The van der Waals surface area contributed by atoms with Crippen LogP contribution in [0.1, 0.15) is 43.6 Å². The molecule has 0 bridgehead atoms. The predicted octanol–water partition coefficient (Wildman–Crippen LogP) is 4.42. The lowest BCUT2D eigenvalue weighted by molar-refractivity contribution is -0.114. The molecule has 2 nitrogen and oxygen atoms in total. The van der Waals surface area contributed by atoms with Gasteiger partial charge in [0, 0.05) is 12.8 Å². The lowest BCUT2D eigenvalue weighted by atomic mass is 9.83. The van der Waals surface area contributed by atoms with Crippen LogP contribution in [0.2, 0.25) is 0 Å². The van der Waals surface area contributed by atoms with Crippen LogP contribution in [0.4, 0.5) is 0 Å². The number of carbonyl (C=O) groups is 1. The highest BCUT2D eigenvalue weighted by atomic mass is 127. The van der Waals surface area contributed by atoms with Crippen molar-refractivity contribution in [3.63, 3.8) is 0 Å². The summed E-state index contributed by atoms with van der Waals surface area (Å²) in [5.74, 6) is 4.28. The number of alkyl halides is 1. The normalized spacial score (nSPS) is 18.4. The number of aryl methyl sites for hydroxylation is 1. The summed E-state index contributed by atoms with van der Waals surface area (Å²) in [6, 6.07) is 4.09. The Morgan fingerprint density at radius 3 is 3.10 bits per heavy atom. The molecule has 1 heterocycles. The minimum Gasteiger partial charge on any atom is -0.461 e. The van der Waals surface area contributed by atoms with Gasteiger partial charge in [-0.05, 0) is 59.7 Å². The molecule has 0 aliphatic heterocycles. The molecule has 0 aromatic carbocycles. The average molecular weight is 382 g/mol. The van der Waals surface area contributed by atoms with E-state index in [4.69, 9.17) is 10.8 Å². The fourth-order valence-corrected chi connectivity index (χ4v) is 3.03. The Morgan fingerprint density at radius 2 is 2.35 bits per heavy atom. The minimum atomic E-state index is -0.112. The summed E-state index contributed by atoms with van der Waals surface area (Å²) >= 11 is 2.38. The molecule has 1 aromatic rings. The molecule has 1 atom stereocenters. The van der Waals surface area contributed by atoms with Gasteiger partial charge in [0.2, 0.25) is 5.78 Å². The number of furan rings is 1. The Morgan fingerprint density at radius 1 is 1.50 bits per heavy atom. The number of hydrogen-bond acceptors (Lipinski definition) is 2. The van der Waals surface area contributed by atoms with Crippen LogP contribution < -0.4 is 0 Å². The van der Waals surface area contributed by atoms with Gasteiger partial charge in [0.25, 0.3) is 0 Å². The molecule has 3 heteroatoms. The molecule has 106 valence electrons. The van der Waals surface area contributed by atoms with Crippen LogP contribution in [0, 0.1) is 18.3 Å². The third-order valence-corrected chi connectivity index (χ3v) is 4.42. The number of Topliss-reactive ketones (excluding diaryl/α,β-unsaturated/α-hetero) is 1. The summed E-state index contributed by atoms with van der Waals surface area (Å²) in [4.78, 5) is 11.5. The summed E-state index contributed by atoms with van der Waals surface area (Å²) in [5, 5.41) is 0. The zero-order valence-electron chi connectivity index (χ0n) is 11.5. The molecule has 2 rings (SSSR count). The van der Waals surface area contributed by atoms with E-state index in [1.807, 2.05) is 6.07 Å². The first-order chi connectivity index (χ1) is 9.74. The second-order valence-corrected chi connectivity index (χ2v) is 6.20. The summed E-state index contributed by atoms with van der Waals surface area (Å²) in [5.41, 5.74) is 1.17. The largest absolute Gasteiger partial charge is 0.461 e. The van der Waals surface area contributed by atoms with Crippen LogP contribution in [-0.2, 0) is 11.2 Å². The monoisotopic (exact) mass is 382 g/mol. The van der Waals surface area contributed by atoms with Crippen molar-refractivity contribution in [1.29, 1.82) is 0 Å². The van der Waals surface area contributed by atoms with E-state index in [1.54, 1.807) is 0 Å². The SMILES string of the molecule is C#CC(=O)CC1CCCC=C1c1ccc(CCCI)o1. The van der Waals surface area contributed by atoms with Crippen LogP contribution in [0.15, 0.2) is 22.6 Å². The van der Waals surface area contributed by atoms with Gasteiger partial charge < -0.3 is 4.42 Å². The molecule has 0 radical (unpaired) electrons. The molecule has 0 spiro atoms. The van der Waals surface area contributed by atoms with Crippen molar-refractivity contribution in [2.45, 2.75) is 38.5 Å². The highest BCUT2D eigenvalue weighted by Crippen LogP contribution is 2.35. The summed E-state index contributed by atoms with van der Waals surface area (Å²) in [6.45, 7) is 0. The molecule has 0 N–H and O–H groups in total. The predicted molar refractivity (Wildman–Crippen MR) is 89.7 cm³/mol. The van der Waals surface area contributed by atoms with Crippen molar-refractivity contribution in [1.82, 2.24) is 0 Å². The summed E-state index contributed by atoms with van der Waals surface area (Å²) < 4.78 is 7.07. The third kappa shape index (κ3) is 3.99. The number of hydrogen-bond donors (Lipinski definition) is 0. The molecule has 0 saturated carbocycles. The molecular weight excluding hydrogens is 363 g/mol. The van der Waals surface area contributed by atoms with E-state index < -0.39 is 0 Å². The lowest BCUT2D eigenvalue weighted by Gasteiger charge is -2.21. The van der Waals surface area contributed by atoms with Crippen LogP contribution in [0.3, 0.4) is 0 Å². The Hall–Kier alpha value is -1.02. The van der Waals surface area contributed by atoms with Gasteiger partial charge in [0.05, 0.1) is 0 Å². The first kappa shape index (κ1) is 15.4. The molecule has 0 fully saturated rings. The van der Waals surface area contributed by atoms with Gasteiger partial charge in [-0.3, -0.25) is 4.79 Å². The van der Waals surface area contributed by atoms with Crippen molar-refractivity contribution in [3.05, 3.63) is 29.7 Å². The summed E-state index contributed by atoms with van der Waals surface area (Å²) in [6.07, 6.45) is 13.1. The van der Waals surface area contributed by atoms with Crippen molar-refractivity contribution in [3.8, 4) is 12.3 Å². The number of terminal acetylenes is 1. The first-order valence-electron chi connectivity index (χ1n) is 7.09. The van der Waals surface area contributed by atoms with E-state index in [0.717, 1.165) is 48.1 Å². The van der Waals surface area contributed by atoms with Gasteiger partial charge in [0.1, 0.15) is 11.5 Å². The second kappa shape index (κ2) is 7.68. The fraction of sp³-hybridized carbons (Fsp3) is 0.471. The Kier molecular flexibility index (Phi) is 5.90. The van der Waals surface area contributed by atoms with E-state index in [1.165, 1.54) is 5.57 Å². The minimum absolute atomic E-state index is 0.112. The fourth-order valence-electron chi connectivity index (χ4n) is 2.65. The molecule has 1 aromatic heterocycles. The van der Waals surface area contributed by atoms with E-state index >= 15 is 0 Å². The highest BCUT2D eigenvalue weighted by Gasteiger charge is 2.23. The molecule has 1 aliphatic rings. The van der Waals surface area contributed by atoms with Gasteiger partial charge in [-0.25, -0.2) is 0 Å². The molecule has 1 unspecified atom stereocenters. The molecule has 0 amide bonds. The number of rotatable bonds is 6. The summed E-state index contributed by atoms with van der Waals surface area (Å²) in [7, 11) is 0. The van der Waals surface area contributed by atoms with Gasteiger partial charge in [-0.15, -0.1) is 6.42 Å². The van der Waals surface area contributed by atoms with Gasteiger partial charge in [0.15, 0.2) is 0 Å². The highest BCUT2D eigenvalue weighted by molar-refractivity contribution is 14.1. The maximum absolute atomic E-state index is 11.5. The molecule has 20 heavy (non-hydrogen) atoms. The van der Waals surface area contributed by atoms with Crippen molar-refractivity contribution >= 4 is 33.9 Å². The van der Waals surface area contributed by atoms with E-state index in [2.05, 4.69) is 40.7 Å². The number of ketones is 1. The third-order valence-electron chi connectivity index (χ3n) is 3.66. The maximum Gasteiger partial charge on any atom is 0.205 e. The van der Waals surface area contributed by atoms with Crippen molar-refractivity contribution in [2.24, 2.45) is 5.92 Å². The molecule has 1 aliphatic carbocycles. The average Bonchev–Trinajstić information content (AvgIpc) is 2.94. The van der Waals surface area contributed by atoms with Crippen LogP contribution in [0.25, 0.3) is 5.57 Å². The van der Waals surface area contributed by atoms with Gasteiger partial charge >= 0.3 is 0 Å². The van der Waals surface area contributed by atoms with Crippen molar-refractivity contribution in [2.75, 3.05) is 4.43 Å². The lowest BCUT2D eigenvalue weighted by Crippen LogP contribution is -2.12. The van der Waals surface area contributed by atoms with Crippen LogP contribution in [0.5, 0.6) is 0 Å². The Labute approximate surface area is 134 Å². The van der Waals surface area contributed by atoms with E-state index in [9.17, 15) is 4.79 Å². The van der Waals surface area contributed by atoms with Gasteiger partial charge in [-0.1, -0.05) is 28.7 Å². The van der Waals surface area contributed by atoms with Gasteiger partial charge in [-0.2, -0.15) is 0 Å². The number of allylic oxidation sites excluding steroid dienone is 2. The number of halogens is 1. The van der Waals surface area contributed by atoms with E-state index in [-0.39, 0.29) is 11.7 Å². The van der Waals surface area contributed by atoms with Crippen molar-refractivity contribution < 1.29 is 9.21 Å². The van der Waals surface area contributed by atoms with Crippen LogP contribution >= 0.6 is 22.6 Å². The zero-order chi connectivity index (χ0) is 14.4. The molecular formula is C17H19IO2. The Balaban J connectivity index is 2.11. The number of carbonyl (C=O) groups excluding carboxylic acids is 1. The quantitative estimate of drug-likeness (QED) is 0.316. The van der Waals surface area contributed by atoms with E-state index in [0.29, 0.717) is 6.42 Å². The second-order valence-electron chi connectivity index (χ2n) is 5.12. The zero-order valence-corrected chi connectivity index (χ0v) is 13.7. The first-order valence-corrected chi connectivity index (χ1v) is 8.61. The standard InChI is InChI=1S/C17H19IO2/c1-2-14(19)12-13-6-3-4-8-16(13)17-10-9-15(20-17)7-5-11-18/h1,8-10,13H,3-7,11-12H2. The maximum atomic E-state index is 11.5.